The minimum Gasteiger partial charge on any atom is -0.468 e. The summed E-state index contributed by atoms with van der Waals surface area (Å²) in [5, 5.41) is 20.2. The Kier molecular flexibility index (Phi) is 11.4. The molecule has 2 atom stereocenters. The smallest absolute Gasteiger partial charge is 0.316 e. The van der Waals surface area contributed by atoms with Crippen LogP contribution < -0.4 is 0 Å². The molecule has 0 aliphatic carbocycles. The molecule has 1 amide bonds. The number of rotatable bonds is 13. The van der Waals surface area contributed by atoms with Crippen LogP contribution in [0, 0.1) is 27.4 Å². The Labute approximate surface area is 268 Å². The standard InChI is InChI=1S/C34H39N5O7/c1-24-29(32(41)46-22-7-17-35)30(26-11-13-28(14-12-26)39(43)44)31(25(2)36-24)38(23-40)19-8-18-37-20-15-34(16-21-37,33(42)45-3)27-9-5-4-6-10-27/h4-6,9-14,23,29-30H,7-8,15-16,18-22H2,1-3H3. The maximum atomic E-state index is 13.4. The summed E-state index contributed by atoms with van der Waals surface area (Å²) >= 11 is 0. The van der Waals surface area contributed by atoms with Gasteiger partial charge in [0.25, 0.3) is 5.69 Å². The Balaban J connectivity index is 1.52. The molecule has 1 saturated heterocycles. The van der Waals surface area contributed by atoms with Crippen molar-refractivity contribution in [3.8, 4) is 6.07 Å². The molecule has 2 aliphatic heterocycles. The number of nitro groups is 1. The number of non-ortho nitro benzene ring substituents is 1. The van der Waals surface area contributed by atoms with Crippen LogP contribution in [0.5, 0.6) is 0 Å². The summed E-state index contributed by atoms with van der Waals surface area (Å²) in [4.78, 5) is 58.2. The molecule has 0 spiro atoms. The molecule has 2 aromatic rings. The quantitative estimate of drug-likeness (QED) is 0.102. The number of methoxy groups -OCH3 is 1. The van der Waals surface area contributed by atoms with Crippen molar-refractivity contribution in [1.82, 2.24) is 9.80 Å². The zero-order valence-corrected chi connectivity index (χ0v) is 26.4. The third kappa shape index (κ3) is 7.32. The number of likely N-dealkylation sites (tertiary alicyclic amines) is 1. The highest BCUT2D eigenvalue weighted by atomic mass is 16.6. The fraction of sp³-hybridized carbons (Fsp3) is 0.441. The number of aliphatic imine (C=N–C) groups is 1. The second-order valence-corrected chi connectivity index (χ2v) is 11.5. The Morgan fingerprint density at radius 3 is 2.41 bits per heavy atom. The molecule has 0 N–H and O–H groups in total. The van der Waals surface area contributed by atoms with Crippen molar-refractivity contribution in [1.29, 1.82) is 5.26 Å². The van der Waals surface area contributed by atoms with Gasteiger partial charge in [-0.1, -0.05) is 42.5 Å². The molecular weight excluding hydrogens is 590 g/mol. The molecule has 46 heavy (non-hydrogen) atoms. The molecule has 2 aromatic carbocycles. The second-order valence-electron chi connectivity index (χ2n) is 11.5. The molecular formula is C34H39N5O7. The fourth-order valence-corrected chi connectivity index (χ4v) is 6.57. The molecule has 2 unspecified atom stereocenters. The number of nitro benzene ring substituents is 1. The highest BCUT2D eigenvalue weighted by Gasteiger charge is 2.44. The highest BCUT2D eigenvalue weighted by molar-refractivity contribution is 6.03. The predicted octanol–water partition coefficient (Wildman–Crippen LogP) is 4.51. The van der Waals surface area contributed by atoms with E-state index in [1.54, 1.807) is 30.9 Å². The largest absolute Gasteiger partial charge is 0.468 e. The van der Waals surface area contributed by atoms with E-state index in [2.05, 4.69) is 9.89 Å². The van der Waals surface area contributed by atoms with Crippen molar-refractivity contribution in [3.05, 3.63) is 87.2 Å². The maximum absolute atomic E-state index is 13.4. The Bertz CT molecular complexity index is 1520. The van der Waals surface area contributed by atoms with Crippen LogP contribution in [0.3, 0.4) is 0 Å². The lowest BCUT2D eigenvalue weighted by Gasteiger charge is -2.40. The Hall–Kier alpha value is -4.89. The first-order chi connectivity index (χ1) is 22.2. The van der Waals surface area contributed by atoms with Gasteiger partial charge in [0.15, 0.2) is 0 Å². The number of hydrogen-bond donors (Lipinski definition) is 0. The molecule has 242 valence electrons. The number of hydrogen-bond acceptors (Lipinski definition) is 10. The molecule has 1 fully saturated rings. The van der Waals surface area contributed by atoms with Crippen LogP contribution in [-0.4, -0.2) is 78.7 Å². The molecule has 0 bridgehead atoms. The van der Waals surface area contributed by atoms with Crippen molar-refractivity contribution >= 4 is 29.7 Å². The van der Waals surface area contributed by atoms with Crippen molar-refractivity contribution in [2.24, 2.45) is 10.9 Å². The van der Waals surface area contributed by atoms with Gasteiger partial charge in [0, 0.05) is 30.3 Å². The zero-order valence-electron chi connectivity index (χ0n) is 26.4. The first-order valence-electron chi connectivity index (χ1n) is 15.3. The van der Waals surface area contributed by atoms with Gasteiger partial charge in [0.05, 0.1) is 41.3 Å². The number of benzene rings is 2. The lowest BCUT2D eigenvalue weighted by molar-refractivity contribution is -0.384. The molecule has 12 heteroatoms. The van der Waals surface area contributed by atoms with Crippen LogP contribution >= 0.6 is 0 Å². The van der Waals surface area contributed by atoms with Gasteiger partial charge in [0.2, 0.25) is 6.41 Å². The zero-order chi connectivity index (χ0) is 33.3. The van der Waals surface area contributed by atoms with Gasteiger partial charge in [0.1, 0.15) is 12.5 Å². The maximum Gasteiger partial charge on any atom is 0.316 e. The number of carbonyl (C=O) groups excluding carboxylic acids is 3. The van der Waals surface area contributed by atoms with Gasteiger partial charge in [-0.05, 0) is 63.9 Å². The van der Waals surface area contributed by atoms with Crippen LogP contribution in [0.1, 0.15) is 56.6 Å². The number of nitriles is 1. The summed E-state index contributed by atoms with van der Waals surface area (Å²) in [5.74, 6) is -2.41. The summed E-state index contributed by atoms with van der Waals surface area (Å²) in [6.07, 6.45) is 2.58. The van der Waals surface area contributed by atoms with Gasteiger partial charge in [-0.3, -0.25) is 29.5 Å². The van der Waals surface area contributed by atoms with Crippen LogP contribution in [0.15, 0.2) is 71.0 Å². The molecule has 12 nitrogen and oxygen atoms in total. The topological polar surface area (TPSA) is 155 Å². The molecule has 0 aromatic heterocycles. The van der Waals surface area contributed by atoms with E-state index < -0.39 is 28.1 Å². The van der Waals surface area contributed by atoms with E-state index in [9.17, 15) is 24.5 Å². The van der Waals surface area contributed by atoms with Gasteiger partial charge >= 0.3 is 11.9 Å². The van der Waals surface area contributed by atoms with E-state index >= 15 is 0 Å². The van der Waals surface area contributed by atoms with E-state index in [1.165, 1.54) is 19.2 Å². The Morgan fingerprint density at radius 2 is 1.83 bits per heavy atom. The number of allylic oxidation sites excluding steroid dienone is 2. The van der Waals surface area contributed by atoms with Crippen LogP contribution in [0.4, 0.5) is 5.69 Å². The summed E-state index contributed by atoms with van der Waals surface area (Å²) in [5.41, 5.74) is 2.30. The minimum absolute atomic E-state index is 0.0294. The third-order valence-corrected chi connectivity index (χ3v) is 8.89. The molecule has 0 saturated carbocycles. The van der Waals surface area contributed by atoms with E-state index in [-0.39, 0.29) is 24.7 Å². The van der Waals surface area contributed by atoms with Crippen LogP contribution in [0.2, 0.25) is 0 Å². The molecule has 0 radical (unpaired) electrons. The number of nitrogens with zero attached hydrogens (tertiary/aromatic N) is 5. The van der Waals surface area contributed by atoms with E-state index in [4.69, 9.17) is 14.7 Å². The van der Waals surface area contributed by atoms with Crippen molar-refractivity contribution in [3.63, 3.8) is 0 Å². The first-order valence-corrected chi connectivity index (χ1v) is 15.3. The Morgan fingerprint density at radius 1 is 1.15 bits per heavy atom. The van der Waals surface area contributed by atoms with E-state index in [0.29, 0.717) is 68.1 Å². The summed E-state index contributed by atoms with van der Waals surface area (Å²) in [7, 11) is 1.42. The highest BCUT2D eigenvalue weighted by Crippen LogP contribution is 2.41. The predicted molar refractivity (Wildman–Crippen MR) is 170 cm³/mol. The number of piperidine rings is 1. The summed E-state index contributed by atoms with van der Waals surface area (Å²) < 4.78 is 10.6. The number of amides is 1. The fourth-order valence-electron chi connectivity index (χ4n) is 6.57. The average molecular weight is 630 g/mol. The van der Waals surface area contributed by atoms with Gasteiger partial charge in [-0.15, -0.1) is 0 Å². The third-order valence-electron chi connectivity index (χ3n) is 8.89. The van der Waals surface area contributed by atoms with Gasteiger partial charge in [-0.25, -0.2) is 0 Å². The number of esters is 2. The molecule has 2 heterocycles. The molecule has 4 rings (SSSR count). The van der Waals surface area contributed by atoms with Crippen molar-refractivity contribution in [2.45, 2.75) is 50.9 Å². The molecule has 2 aliphatic rings. The van der Waals surface area contributed by atoms with Crippen molar-refractivity contribution in [2.75, 3.05) is 39.9 Å². The van der Waals surface area contributed by atoms with Crippen LogP contribution in [0.25, 0.3) is 0 Å². The van der Waals surface area contributed by atoms with Gasteiger partial charge < -0.3 is 19.3 Å². The monoisotopic (exact) mass is 629 g/mol. The van der Waals surface area contributed by atoms with E-state index in [1.807, 2.05) is 36.4 Å². The summed E-state index contributed by atoms with van der Waals surface area (Å²) in [6, 6.07) is 17.6. The second kappa shape index (κ2) is 15.4. The number of ether oxygens (including phenoxy) is 2. The minimum atomic E-state index is -0.896. The lowest BCUT2D eigenvalue weighted by Crippen LogP contribution is -2.48. The number of carbonyl (C=O) groups is 3. The van der Waals surface area contributed by atoms with Gasteiger partial charge in [-0.2, -0.15) is 5.26 Å². The normalized spacial score (nSPS) is 19.4. The lowest BCUT2D eigenvalue weighted by atomic mass is 9.72. The van der Waals surface area contributed by atoms with Crippen molar-refractivity contribution < 1.29 is 28.8 Å². The SMILES string of the molecule is COC(=O)C1(c2ccccc2)CCN(CCCN(C=O)C2=C(C)N=C(C)C(C(=O)OCCC#N)C2c2ccc([N+](=O)[O-])cc2)CC1. The van der Waals surface area contributed by atoms with Crippen LogP contribution in [-0.2, 0) is 29.3 Å². The first kappa shape index (κ1) is 34.0. The summed E-state index contributed by atoms with van der Waals surface area (Å²) in [6.45, 7) is 5.76. The average Bonchev–Trinajstić information content (AvgIpc) is 3.07. The van der Waals surface area contributed by atoms with E-state index in [0.717, 1.165) is 12.0 Å².